The summed E-state index contributed by atoms with van der Waals surface area (Å²) in [5.74, 6) is 0. The fourth-order valence-corrected chi connectivity index (χ4v) is 5.16. The molecule has 2 aliphatic heterocycles. The van der Waals surface area contributed by atoms with E-state index in [1.807, 2.05) is 6.92 Å². The van der Waals surface area contributed by atoms with E-state index < -0.39 is 10.0 Å². The molecule has 2 heterocycles. The molecule has 0 N–H and O–H groups in total. The average molecular weight is 359 g/mol. The zero-order chi connectivity index (χ0) is 14.3. The fraction of sp³-hybridized carbons (Fsp3) is 0.571. The highest BCUT2D eigenvalue weighted by molar-refractivity contribution is 9.10. The average Bonchev–Trinajstić information content (AvgIpc) is 2.85. The van der Waals surface area contributed by atoms with Crippen LogP contribution in [0, 0.1) is 0 Å². The van der Waals surface area contributed by atoms with Gasteiger partial charge in [-0.05, 0) is 50.6 Å². The molecule has 2 fully saturated rings. The summed E-state index contributed by atoms with van der Waals surface area (Å²) in [4.78, 5) is 2.82. The van der Waals surface area contributed by atoms with E-state index in [1.165, 1.54) is 6.42 Å². The molecule has 0 aromatic heterocycles. The maximum Gasteiger partial charge on any atom is 0.243 e. The molecule has 0 spiro atoms. The molecule has 0 amide bonds. The zero-order valence-corrected chi connectivity index (χ0v) is 13.9. The number of hydrogen-bond donors (Lipinski definition) is 0. The molecular formula is C14H19BrN2O2S. The minimum Gasteiger partial charge on any atom is -0.297 e. The van der Waals surface area contributed by atoms with Crippen molar-refractivity contribution in [3.05, 3.63) is 28.7 Å². The van der Waals surface area contributed by atoms with Crippen LogP contribution in [0.2, 0.25) is 0 Å². The van der Waals surface area contributed by atoms with Crippen LogP contribution in [0.1, 0.15) is 19.8 Å². The SMILES string of the molecule is CC1CN2CCCC2CN1S(=O)(=O)c1ccc(Br)cc1. The van der Waals surface area contributed by atoms with Gasteiger partial charge in [-0.2, -0.15) is 4.31 Å². The first-order valence-electron chi connectivity index (χ1n) is 7.00. The predicted molar refractivity (Wildman–Crippen MR) is 82.1 cm³/mol. The van der Waals surface area contributed by atoms with E-state index in [-0.39, 0.29) is 6.04 Å². The Morgan fingerprint density at radius 2 is 1.90 bits per heavy atom. The standard InChI is InChI=1S/C14H19BrN2O2S/c1-11-9-16-8-2-3-13(16)10-17(11)20(18,19)14-6-4-12(15)5-7-14/h4-7,11,13H,2-3,8-10H2,1H3. The summed E-state index contributed by atoms with van der Waals surface area (Å²) in [6.07, 6.45) is 2.29. The molecule has 110 valence electrons. The Hall–Kier alpha value is -0.430. The topological polar surface area (TPSA) is 40.6 Å². The molecule has 0 bridgehead atoms. The van der Waals surface area contributed by atoms with Crippen molar-refractivity contribution >= 4 is 26.0 Å². The van der Waals surface area contributed by atoms with Crippen LogP contribution < -0.4 is 0 Å². The molecule has 2 unspecified atom stereocenters. The Morgan fingerprint density at radius 3 is 2.60 bits per heavy atom. The quantitative estimate of drug-likeness (QED) is 0.814. The van der Waals surface area contributed by atoms with Crippen LogP contribution in [0.5, 0.6) is 0 Å². The molecule has 2 atom stereocenters. The lowest BCUT2D eigenvalue weighted by atomic mass is 10.1. The Kier molecular flexibility index (Phi) is 3.92. The van der Waals surface area contributed by atoms with Gasteiger partial charge in [0.25, 0.3) is 0 Å². The number of halogens is 1. The van der Waals surface area contributed by atoms with Crippen molar-refractivity contribution < 1.29 is 8.42 Å². The van der Waals surface area contributed by atoms with E-state index in [9.17, 15) is 8.42 Å². The van der Waals surface area contributed by atoms with Crippen LogP contribution in [-0.2, 0) is 10.0 Å². The summed E-state index contributed by atoms with van der Waals surface area (Å²) < 4.78 is 28.2. The number of piperazine rings is 1. The molecule has 0 aliphatic carbocycles. The second-order valence-electron chi connectivity index (χ2n) is 5.67. The van der Waals surface area contributed by atoms with Crippen LogP contribution in [-0.4, -0.2) is 49.3 Å². The van der Waals surface area contributed by atoms with E-state index in [4.69, 9.17) is 0 Å². The normalized spacial score (nSPS) is 28.5. The first-order chi connectivity index (χ1) is 9.48. The van der Waals surface area contributed by atoms with Crippen LogP contribution >= 0.6 is 15.9 Å². The van der Waals surface area contributed by atoms with Gasteiger partial charge in [0.1, 0.15) is 0 Å². The highest BCUT2D eigenvalue weighted by Gasteiger charge is 2.40. The van der Waals surface area contributed by atoms with Gasteiger partial charge in [0.05, 0.1) is 4.90 Å². The Morgan fingerprint density at radius 1 is 1.20 bits per heavy atom. The number of nitrogens with zero attached hydrogens (tertiary/aromatic N) is 2. The summed E-state index contributed by atoms with van der Waals surface area (Å²) in [6, 6.07) is 7.35. The van der Waals surface area contributed by atoms with Crippen molar-refractivity contribution in [1.29, 1.82) is 0 Å². The largest absolute Gasteiger partial charge is 0.297 e. The number of fused-ring (bicyclic) bond motifs is 1. The van der Waals surface area contributed by atoms with Crippen molar-refractivity contribution in [3.63, 3.8) is 0 Å². The minimum atomic E-state index is -3.38. The predicted octanol–water partition coefficient (Wildman–Crippen LogP) is 2.31. The molecule has 1 aromatic rings. The van der Waals surface area contributed by atoms with Gasteiger partial charge in [0.15, 0.2) is 0 Å². The summed E-state index contributed by atoms with van der Waals surface area (Å²) in [7, 11) is -3.38. The third-order valence-electron chi connectivity index (χ3n) is 4.30. The van der Waals surface area contributed by atoms with Gasteiger partial charge in [0.2, 0.25) is 10.0 Å². The maximum absolute atomic E-state index is 12.8. The molecule has 0 saturated carbocycles. The van der Waals surface area contributed by atoms with Gasteiger partial charge < -0.3 is 0 Å². The van der Waals surface area contributed by atoms with Gasteiger partial charge in [-0.1, -0.05) is 15.9 Å². The van der Waals surface area contributed by atoms with Gasteiger partial charge in [-0.3, -0.25) is 4.90 Å². The summed E-state index contributed by atoms with van der Waals surface area (Å²) in [6.45, 7) is 4.59. The van der Waals surface area contributed by atoms with Gasteiger partial charge in [-0.15, -0.1) is 0 Å². The molecule has 20 heavy (non-hydrogen) atoms. The Labute approximate surface area is 128 Å². The highest BCUT2D eigenvalue weighted by atomic mass is 79.9. The molecular weight excluding hydrogens is 340 g/mol. The van der Waals surface area contributed by atoms with Crippen molar-refractivity contribution in [2.45, 2.75) is 36.7 Å². The summed E-state index contributed by atoms with van der Waals surface area (Å²) >= 11 is 3.34. The van der Waals surface area contributed by atoms with Crippen molar-refractivity contribution in [3.8, 4) is 0 Å². The number of sulfonamides is 1. The lowest BCUT2D eigenvalue weighted by Gasteiger charge is -2.41. The lowest BCUT2D eigenvalue weighted by Crippen LogP contribution is -2.56. The lowest BCUT2D eigenvalue weighted by molar-refractivity contribution is 0.117. The number of hydrogen-bond acceptors (Lipinski definition) is 3. The minimum absolute atomic E-state index is 0.0398. The van der Waals surface area contributed by atoms with Crippen molar-refractivity contribution in [2.24, 2.45) is 0 Å². The molecule has 4 nitrogen and oxygen atoms in total. The smallest absolute Gasteiger partial charge is 0.243 e. The van der Waals surface area contributed by atoms with Gasteiger partial charge in [0, 0.05) is 29.6 Å². The second-order valence-corrected chi connectivity index (χ2v) is 8.47. The Balaban J connectivity index is 1.88. The first kappa shape index (κ1) is 14.5. The molecule has 0 radical (unpaired) electrons. The maximum atomic E-state index is 12.8. The number of rotatable bonds is 2. The van der Waals surface area contributed by atoms with E-state index >= 15 is 0 Å². The highest BCUT2D eigenvalue weighted by Crippen LogP contribution is 2.29. The van der Waals surface area contributed by atoms with Gasteiger partial charge in [-0.25, -0.2) is 8.42 Å². The first-order valence-corrected chi connectivity index (χ1v) is 9.23. The molecule has 1 aromatic carbocycles. The van der Waals surface area contributed by atoms with E-state index in [0.29, 0.717) is 17.5 Å². The van der Waals surface area contributed by atoms with E-state index in [0.717, 1.165) is 24.0 Å². The summed E-state index contributed by atoms with van der Waals surface area (Å²) in [5, 5.41) is 0. The van der Waals surface area contributed by atoms with Gasteiger partial charge >= 0.3 is 0 Å². The van der Waals surface area contributed by atoms with Crippen LogP contribution in [0.25, 0.3) is 0 Å². The number of benzene rings is 1. The molecule has 2 aliphatic rings. The van der Waals surface area contributed by atoms with E-state index in [2.05, 4.69) is 20.8 Å². The van der Waals surface area contributed by atoms with Crippen molar-refractivity contribution in [2.75, 3.05) is 19.6 Å². The van der Waals surface area contributed by atoms with E-state index in [1.54, 1.807) is 28.6 Å². The monoisotopic (exact) mass is 358 g/mol. The van der Waals surface area contributed by atoms with Crippen LogP contribution in [0.15, 0.2) is 33.6 Å². The summed E-state index contributed by atoms with van der Waals surface area (Å²) in [5.41, 5.74) is 0. The molecule has 3 rings (SSSR count). The van der Waals surface area contributed by atoms with Crippen molar-refractivity contribution in [1.82, 2.24) is 9.21 Å². The molecule has 6 heteroatoms. The molecule has 2 saturated heterocycles. The Bertz CT molecular complexity index is 588. The zero-order valence-electron chi connectivity index (χ0n) is 11.5. The van der Waals surface area contributed by atoms with Crippen LogP contribution in [0.4, 0.5) is 0 Å². The van der Waals surface area contributed by atoms with Crippen LogP contribution in [0.3, 0.4) is 0 Å². The fourth-order valence-electron chi connectivity index (χ4n) is 3.24. The second kappa shape index (κ2) is 5.40. The third-order valence-corrected chi connectivity index (χ3v) is 6.82. The third kappa shape index (κ3) is 2.54.